The van der Waals surface area contributed by atoms with Crippen LogP contribution in [0.25, 0.3) is 0 Å². The first-order chi connectivity index (χ1) is 11.4. The summed E-state index contributed by atoms with van der Waals surface area (Å²) in [6.07, 6.45) is 1.54. The SMILES string of the molecule is COc1ccc(CCc2[nH+]c(C)cc(C[NH+](C)C)c2O)cc1OC.[Cl-].[Cl-]. The molecule has 0 saturated carbocycles. The number of pyridine rings is 1. The van der Waals surface area contributed by atoms with Crippen molar-refractivity contribution in [3.8, 4) is 17.2 Å². The van der Waals surface area contributed by atoms with E-state index in [1.165, 1.54) is 4.90 Å². The fourth-order valence-corrected chi connectivity index (χ4v) is 2.86. The van der Waals surface area contributed by atoms with Crippen molar-refractivity contribution in [1.82, 2.24) is 0 Å². The van der Waals surface area contributed by atoms with Crippen LogP contribution in [0, 0.1) is 6.92 Å². The average Bonchev–Trinajstić information content (AvgIpc) is 2.55. The van der Waals surface area contributed by atoms with Crippen LogP contribution in [0.5, 0.6) is 17.2 Å². The minimum absolute atomic E-state index is 0. The molecule has 0 fully saturated rings. The predicted octanol–water partition coefficient (Wildman–Crippen LogP) is -5.03. The van der Waals surface area contributed by atoms with Gasteiger partial charge in [0.05, 0.1) is 33.9 Å². The van der Waals surface area contributed by atoms with Gasteiger partial charge in [-0.1, -0.05) is 6.07 Å². The largest absolute Gasteiger partial charge is 1.00 e. The predicted molar refractivity (Wildman–Crippen MR) is 92.9 cm³/mol. The summed E-state index contributed by atoms with van der Waals surface area (Å²) in [6.45, 7) is 2.82. The van der Waals surface area contributed by atoms with Crippen molar-refractivity contribution in [1.29, 1.82) is 0 Å². The number of methoxy groups -OCH3 is 2. The number of hydrogen-bond donors (Lipinski definition) is 2. The molecule has 0 saturated heterocycles. The first-order valence-corrected chi connectivity index (χ1v) is 8.18. The molecule has 0 aliphatic rings. The highest BCUT2D eigenvalue weighted by Crippen LogP contribution is 2.28. The van der Waals surface area contributed by atoms with Gasteiger partial charge in [-0.25, -0.2) is 4.98 Å². The maximum absolute atomic E-state index is 10.5. The van der Waals surface area contributed by atoms with Crippen molar-refractivity contribution in [2.24, 2.45) is 0 Å². The number of halogens is 2. The summed E-state index contributed by atoms with van der Waals surface area (Å²) >= 11 is 0. The van der Waals surface area contributed by atoms with Crippen molar-refractivity contribution in [2.45, 2.75) is 26.3 Å². The number of aromatic nitrogens is 1. The number of aromatic hydroxyl groups is 1. The van der Waals surface area contributed by atoms with Crippen LogP contribution >= 0.6 is 0 Å². The number of rotatable bonds is 7. The Labute approximate surface area is 168 Å². The van der Waals surface area contributed by atoms with Crippen LogP contribution in [0.2, 0.25) is 0 Å². The van der Waals surface area contributed by atoms with E-state index < -0.39 is 0 Å². The van der Waals surface area contributed by atoms with E-state index in [0.29, 0.717) is 5.75 Å². The minimum atomic E-state index is 0. The maximum atomic E-state index is 10.5. The lowest BCUT2D eigenvalue weighted by atomic mass is 10.0. The van der Waals surface area contributed by atoms with E-state index in [1.807, 2.05) is 31.2 Å². The summed E-state index contributed by atoms with van der Waals surface area (Å²) in [4.78, 5) is 4.57. The molecule has 1 heterocycles. The molecule has 0 amide bonds. The van der Waals surface area contributed by atoms with Gasteiger partial charge in [-0.3, -0.25) is 0 Å². The van der Waals surface area contributed by atoms with Crippen molar-refractivity contribution < 1.29 is 49.3 Å². The molecule has 7 heteroatoms. The van der Waals surface area contributed by atoms with E-state index in [2.05, 4.69) is 19.1 Å². The molecule has 0 spiro atoms. The molecule has 0 aliphatic heterocycles. The van der Waals surface area contributed by atoms with Crippen molar-refractivity contribution in [3.63, 3.8) is 0 Å². The van der Waals surface area contributed by atoms with Crippen LogP contribution in [0.1, 0.15) is 22.5 Å². The van der Waals surface area contributed by atoms with Crippen LogP contribution in [-0.2, 0) is 19.4 Å². The molecule has 1 aromatic carbocycles. The highest BCUT2D eigenvalue weighted by Gasteiger charge is 2.18. The zero-order valence-corrected chi connectivity index (χ0v) is 17.5. The summed E-state index contributed by atoms with van der Waals surface area (Å²) in [5, 5.41) is 10.5. The first kappa shape index (κ1) is 24.3. The quantitative estimate of drug-likeness (QED) is 0.487. The number of ether oxygens (including phenoxy) is 2. The zero-order chi connectivity index (χ0) is 17.7. The molecule has 2 rings (SSSR count). The Kier molecular flexibility index (Phi) is 10.4. The van der Waals surface area contributed by atoms with Crippen LogP contribution in [0.4, 0.5) is 0 Å². The van der Waals surface area contributed by atoms with Gasteiger partial charge in [0.15, 0.2) is 22.9 Å². The summed E-state index contributed by atoms with van der Waals surface area (Å²) in [5.41, 5.74) is 4.06. The van der Waals surface area contributed by atoms with Gasteiger partial charge in [0.1, 0.15) is 6.54 Å². The number of aryl methyl sites for hydroxylation is 3. The molecule has 3 N–H and O–H groups in total. The van der Waals surface area contributed by atoms with Gasteiger partial charge < -0.3 is 44.3 Å². The molecule has 0 unspecified atom stereocenters. The lowest BCUT2D eigenvalue weighted by Crippen LogP contribution is -3.04. The first-order valence-electron chi connectivity index (χ1n) is 8.18. The minimum Gasteiger partial charge on any atom is -1.00 e. The molecule has 5 nitrogen and oxygen atoms in total. The van der Waals surface area contributed by atoms with Crippen molar-refractivity contribution in [2.75, 3.05) is 28.3 Å². The standard InChI is InChI=1S/C19H26N2O3.2ClH/c1-13-10-15(12-21(2)3)19(22)16(20-13)8-6-14-7-9-17(23-4)18(11-14)24-5;;/h7,9-11,22H,6,8,12H2,1-5H3;2*1H. The lowest BCUT2D eigenvalue weighted by molar-refractivity contribution is -0.872. The average molecular weight is 403 g/mol. The van der Waals surface area contributed by atoms with Crippen LogP contribution in [-0.4, -0.2) is 33.4 Å². The summed E-state index contributed by atoms with van der Waals surface area (Å²) in [5.74, 6) is 1.83. The van der Waals surface area contributed by atoms with Gasteiger partial charge in [0.2, 0.25) is 5.69 Å². The molecule has 26 heavy (non-hydrogen) atoms. The van der Waals surface area contributed by atoms with Gasteiger partial charge in [-0.15, -0.1) is 0 Å². The second-order valence-electron chi connectivity index (χ2n) is 6.38. The summed E-state index contributed by atoms with van der Waals surface area (Å²) < 4.78 is 10.6. The fraction of sp³-hybridized carbons (Fsp3) is 0.421. The molecular weight excluding hydrogens is 375 g/mol. The van der Waals surface area contributed by atoms with E-state index >= 15 is 0 Å². The van der Waals surface area contributed by atoms with Gasteiger partial charge in [-0.05, 0) is 24.1 Å². The molecule has 1 aromatic heterocycles. The Morgan fingerprint density at radius 3 is 2.23 bits per heavy atom. The molecule has 0 aliphatic carbocycles. The van der Waals surface area contributed by atoms with E-state index in [4.69, 9.17) is 9.47 Å². The van der Waals surface area contributed by atoms with Crippen LogP contribution in [0.15, 0.2) is 24.3 Å². The normalized spacial score (nSPS) is 10.1. The highest BCUT2D eigenvalue weighted by molar-refractivity contribution is 5.43. The topological polar surface area (TPSA) is 57.3 Å². The summed E-state index contributed by atoms with van der Waals surface area (Å²) in [6, 6.07) is 7.94. The van der Waals surface area contributed by atoms with E-state index in [9.17, 15) is 5.11 Å². The third-order valence-electron chi connectivity index (χ3n) is 3.98. The lowest BCUT2D eigenvalue weighted by Gasteiger charge is -2.11. The number of nitrogens with one attached hydrogen (secondary N) is 2. The van der Waals surface area contributed by atoms with Crippen molar-refractivity contribution >= 4 is 0 Å². The van der Waals surface area contributed by atoms with Gasteiger partial charge in [0.25, 0.3) is 0 Å². The zero-order valence-electron chi connectivity index (χ0n) is 16.0. The molecule has 0 atom stereocenters. The Morgan fingerprint density at radius 2 is 1.65 bits per heavy atom. The number of H-pyrrole nitrogens is 1. The smallest absolute Gasteiger partial charge is 0.222 e. The molecule has 146 valence electrons. The molecule has 0 bridgehead atoms. The third-order valence-corrected chi connectivity index (χ3v) is 3.98. The number of aromatic amines is 1. The monoisotopic (exact) mass is 402 g/mol. The van der Waals surface area contributed by atoms with Gasteiger partial charge >= 0.3 is 0 Å². The fourth-order valence-electron chi connectivity index (χ4n) is 2.86. The number of quaternary nitrogens is 1. The molecule has 2 aromatic rings. The van der Waals surface area contributed by atoms with Crippen LogP contribution < -0.4 is 44.2 Å². The second-order valence-corrected chi connectivity index (χ2v) is 6.38. The van der Waals surface area contributed by atoms with E-state index in [0.717, 1.165) is 53.4 Å². The van der Waals surface area contributed by atoms with Gasteiger partial charge in [0, 0.05) is 19.4 Å². The Hall–Kier alpha value is -1.69. The number of hydrogen-bond acceptors (Lipinski definition) is 3. The van der Waals surface area contributed by atoms with E-state index in [1.54, 1.807) is 14.2 Å². The third kappa shape index (κ3) is 6.24. The Morgan fingerprint density at radius 1 is 1.00 bits per heavy atom. The van der Waals surface area contributed by atoms with Crippen molar-refractivity contribution in [3.05, 3.63) is 46.8 Å². The highest BCUT2D eigenvalue weighted by atomic mass is 35.5. The Balaban J connectivity index is 0.00000312. The molecule has 0 radical (unpaired) electrons. The van der Waals surface area contributed by atoms with E-state index in [-0.39, 0.29) is 24.8 Å². The Bertz CT molecular complexity index is 709. The second kappa shape index (κ2) is 11.1. The maximum Gasteiger partial charge on any atom is 0.222 e. The summed E-state index contributed by atoms with van der Waals surface area (Å²) in [7, 11) is 7.42. The van der Waals surface area contributed by atoms with Gasteiger partial charge in [-0.2, -0.15) is 0 Å². The molecular formula is C19H28Cl2N2O3. The van der Waals surface area contributed by atoms with Crippen LogP contribution in [0.3, 0.4) is 0 Å². The number of benzene rings is 1.